The third kappa shape index (κ3) is 3.80. The SMILES string of the molecule is CCCc1nc(CSc2n[nH]c(=O)n2CC2CCCO2)cs1. The minimum atomic E-state index is -0.164. The third-order valence-electron chi connectivity index (χ3n) is 3.55. The summed E-state index contributed by atoms with van der Waals surface area (Å²) < 4.78 is 7.29. The molecule has 0 aromatic carbocycles. The molecule has 1 saturated heterocycles. The van der Waals surface area contributed by atoms with Gasteiger partial charge in [-0.1, -0.05) is 18.7 Å². The summed E-state index contributed by atoms with van der Waals surface area (Å²) in [5.41, 5.74) is 0.889. The van der Waals surface area contributed by atoms with Crippen LogP contribution in [0.1, 0.15) is 36.9 Å². The molecule has 0 aliphatic carbocycles. The minimum absolute atomic E-state index is 0.130. The van der Waals surface area contributed by atoms with E-state index in [0.717, 1.165) is 43.7 Å². The first-order valence-corrected chi connectivity index (χ1v) is 9.45. The van der Waals surface area contributed by atoms with Crippen LogP contribution in [0.25, 0.3) is 0 Å². The molecule has 0 spiro atoms. The van der Waals surface area contributed by atoms with E-state index in [4.69, 9.17) is 4.74 Å². The lowest BCUT2D eigenvalue weighted by molar-refractivity contribution is 0.0941. The summed E-state index contributed by atoms with van der Waals surface area (Å²) in [5, 5.41) is 10.6. The summed E-state index contributed by atoms with van der Waals surface area (Å²) in [6, 6.07) is 0. The Hall–Kier alpha value is -1.12. The molecule has 120 valence electrons. The number of hydrogen-bond donors (Lipinski definition) is 1. The molecule has 2 aromatic heterocycles. The van der Waals surface area contributed by atoms with Crippen LogP contribution >= 0.6 is 23.1 Å². The smallest absolute Gasteiger partial charge is 0.344 e. The molecule has 1 aliphatic heterocycles. The minimum Gasteiger partial charge on any atom is -0.376 e. The molecule has 3 rings (SSSR count). The van der Waals surface area contributed by atoms with E-state index in [1.807, 2.05) is 0 Å². The molecule has 1 fully saturated rings. The van der Waals surface area contributed by atoms with Gasteiger partial charge in [0.2, 0.25) is 0 Å². The van der Waals surface area contributed by atoms with Gasteiger partial charge in [0.1, 0.15) is 0 Å². The maximum Gasteiger partial charge on any atom is 0.344 e. The Morgan fingerprint density at radius 1 is 1.59 bits per heavy atom. The second-order valence-electron chi connectivity index (χ2n) is 5.33. The number of thioether (sulfide) groups is 1. The van der Waals surface area contributed by atoms with Crippen LogP contribution in [-0.2, 0) is 23.5 Å². The molecule has 0 radical (unpaired) electrons. The van der Waals surface area contributed by atoms with Crippen molar-refractivity contribution in [3.05, 3.63) is 26.6 Å². The Kier molecular flexibility index (Phi) is 5.32. The zero-order valence-corrected chi connectivity index (χ0v) is 14.2. The van der Waals surface area contributed by atoms with E-state index in [-0.39, 0.29) is 11.8 Å². The monoisotopic (exact) mass is 340 g/mol. The molecular formula is C14H20N4O2S2. The first kappa shape index (κ1) is 15.8. The highest BCUT2D eigenvalue weighted by Crippen LogP contribution is 2.23. The van der Waals surface area contributed by atoms with E-state index in [0.29, 0.717) is 11.7 Å². The maximum atomic E-state index is 11.9. The quantitative estimate of drug-likeness (QED) is 0.784. The van der Waals surface area contributed by atoms with E-state index >= 15 is 0 Å². The van der Waals surface area contributed by atoms with Gasteiger partial charge in [-0.05, 0) is 25.7 Å². The van der Waals surface area contributed by atoms with E-state index in [1.165, 1.54) is 5.01 Å². The third-order valence-corrected chi connectivity index (χ3v) is 5.51. The number of rotatable bonds is 7. The summed E-state index contributed by atoms with van der Waals surface area (Å²) in [6.07, 6.45) is 4.35. The van der Waals surface area contributed by atoms with Gasteiger partial charge in [-0.3, -0.25) is 4.57 Å². The van der Waals surface area contributed by atoms with Gasteiger partial charge < -0.3 is 4.74 Å². The molecule has 0 saturated carbocycles. The molecule has 0 bridgehead atoms. The van der Waals surface area contributed by atoms with Gasteiger partial charge in [0.15, 0.2) is 5.16 Å². The van der Waals surface area contributed by atoms with Crippen molar-refractivity contribution in [3.8, 4) is 0 Å². The van der Waals surface area contributed by atoms with Crippen molar-refractivity contribution < 1.29 is 4.74 Å². The predicted molar refractivity (Wildman–Crippen MR) is 87.5 cm³/mol. The molecule has 2 aromatic rings. The highest BCUT2D eigenvalue weighted by Gasteiger charge is 2.19. The molecule has 1 unspecified atom stereocenters. The average Bonchev–Trinajstić information content (AvgIpc) is 3.23. The zero-order chi connectivity index (χ0) is 15.4. The lowest BCUT2D eigenvalue weighted by Gasteiger charge is -2.10. The van der Waals surface area contributed by atoms with Crippen LogP contribution in [0.3, 0.4) is 0 Å². The second-order valence-corrected chi connectivity index (χ2v) is 7.21. The lowest BCUT2D eigenvalue weighted by Crippen LogP contribution is -2.24. The van der Waals surface area contributed by atoms with Gasteiger partial charge in [-0.2, -0.15) is 0 Å². The number of aromatic amines is 1. The Balaban J connectivity index is 1.63. The largest absolute Gasteiger partial charge is 0.376 e. The van der Waals surface area contributed by atoms with Crippen LogP contribution in [0.5, 0.6) is 0 Å². The molecule has 1 N–H and O–H groups in total. The number of aryl methyl sites for hydroxylation is 1. The van der Waals surface area contributed by atoms with Crippen LogP contribution in [0.15, 0.2) is 15.3 Å². The fourth-order valence-electron chi connectivity index (χ4n) is 2.45. The van der Waals surface area contributed by atoms with Crippen LogP contribution < -0.4 is 5.69 Å². The van der Waals surface area contributed by atoms with Crippen molar-refractivity contribution in [2.45, 2.75) is 56.2 Å². The van der Waals surface area contributed by atoms with E-state index in [2.05, 4.69) is 27.5 Å². The van der Waals surface area contributed by atoms with Crippen LogP contribution in [0, 0.1) is 0 Å². The van der Waals surface area contributed by atoms with E-state index in [1.54, 1.807) is 27.7 Å². The van der Waals surface area contributed by atoms with Crippen molar-refractivity contribution in [1.82, 2.24) is 19.7 Å². The fourth-order valence-corrected chi connectivity index (χ4v) is 4.30. The summed E-state index contributed by atoms with van der Waals surface area (Å²) in [4.78, 5) is 16.5. The number of thiazole rings is 1. The molecule has 1 aliphatic rings. The number of nitrogens with zero attached hydrogens (tertiary/aromatic N) is 3. The van der Waals surface area contributed by atoms with Crippen LogP contribution in [0.2, 0.25) is 0 Å². The highest BCUT2D eigenvalue weighted by molar-refractivity contribution is 7.98. The summed E-state index contributed by atoms with van der Waals surface area (Å²) >= 11 is 3.25. The highest BCUT2D eigenvalue weighted by atomic mass is 32.2. The van der Waals surface area contributed by atoms with Crippen molar-refractivity contribution in [2.75, 3.05) is 6.61 Å². The Bertz CT molecular complexity index is 658. The summed E-state index contributed by atoms with van der Waals surface area (Å²) in [7, 11) is 0. The van der Waals surface area contributed by atoms with E-state index < -0.39 is 0 Å². The topological polar surface area (TPSA) is 72.8 Å². The van der Waals surface area contributed by atoms with Crippen LogP contribution in [0.4, 0.5) is 0 Å². The van der Waals surface area contributed by atoms with Gasteiger partial charge in [0, 0.05) is 17.7 Å². The number of nitrogens with one attached hydrogen (secondary N) is 1. The average molecular weight is 340 g/mol. The Labute approximate surface area is 137 Å². The second kappa shape index (κ2) is 7.43. The molecule has 22 heavy (non-hydrogen) atoms. The number of aromatic nitrogens is 4. The molecule has 1 atom stereocenters. The number of hydrogen-bond acceptors (Lipinski definition) is 6. The van der Waals surface area contributed by atoms with Gasteiger partial charge in [-0.15, -0.1) is 16.4 Å². The predicted octanol–water partition coefficient (Wildman–Crippen LogP) is 2.45. The van der Waals surface area contributed by atoms with Gasteiger partial charge in [0.25, 0.3) is 0 Å². The van der Waals surface area contributed by atoms with Gasteiger partial charge >= 0.3 is 5.69 Å². The Morgan fingerprint density at radius 3 is 3.27 bits per heavy atom. The van der Waals surface area contributed by atoms with Crippen molar-refractivity contribution in [2.24, 2.45) is 0 Å². The first-order valence-electron chi connectivity index (χ1n) is 7.59. The standard InChI is InChI=1S/C14H20N4O2S2/c1-2-4-12-15-10(8-21-12)9-22-14-17-16-13(19)18(14)7-11-5-3-6-20-11/h8,11H,2-7,9H2,1H3,(H,16,19). The van der Waals surface area contributed by atoms with Gasteiger partial charge in [0.05, 0.1) is 23.4 Å². The van der Waals surface area contributed by atoms with Crippen molar-refractivity contribution in [1.29, 1.82) is 0 Å². The molecule has 6 nitrogen and oxygen atoms in total. The molecule has 8 heteroatoms. The summed E-state index contributed by atoms with van der Waals surface area (Å²) in [6.45, 7) is 3.53. The maximum absolute atomic E-state index is 11.9. The summed E-state index contributed by atoms with van der Waals surface area (Å²) in [5.74, 6) is 0.732. The molecule has 3 heterocycles. The number of H-pyrrole nitrogens is 1. The first-order chi connectivity index (χ1) is 10.8. The lowest BCUT2D eigenvalue weighted by atomic mass is 10.2. The van der Waals surface area contributed by atoms with Gasteiger partial charge in [-0.25, -0.2) is 14.9 Å². The number of ether oxygens (including phenoxy) is 1. The molecular weight excluding hydrogens is 320 g/mol. The van der Waals surface area contributed by atoms with Crippen LogP contribution in [-0.4, -0.2) is 32.5 Å². The normalized spacial score (nSPS) is 18.1. The van der Waals surface area contributed by atoms with Crippen molar-refractivity contribution >= 4 is 23.1 Å². The molecule has 0 amide bonds. The zero-order valence-electron chi connectivity index (χ0n) is 12.6. The Morgan fingerprint density at radius 2 is 2.50 bits per heavy atom. The fraction of sp³-hybridized carbons (Fsp3) is 0.643. The van der Waals surface area contributed by atoms with Crippen molar-refractivity contribution in [3.63, 3.8) is 0 Å². The van der Waals surface area contributed by atoms with E-state index in [9.17, 15) is 4.79 Å².